The maximum atomic E-state index is 12.6. The molecule has 0 spiro atoms. The summed E-state index contributed by atoms with van der Waals surface area (Å²) in [4.78, 5) is 24.7. The molecule has 1 fully saturated rings. The number of amides is 2. The first-order valence-electron chi connectivity index (χ1n) is 9.15. The predicted molar refractivity (Wildman–Crippen MR) is 100 cm³/mol. The first-order valence-corrected chi connectivity index (χ1v) is 9.15. The summed E-state index contributed by atoms with van der Waals surface area (Å²) < 4.78 is 5.39. The Labute approximate surface area is 152 Å². The zero-order valence-electron chi connectivity index (χ0n) is 14.6. The van der Waals surface area contributed by atoms with Crippen LogP contribution in [-0.4, -0.2) is 24.5 Å². The minimum absolute atomic E-state index is 0.154. The number of benzene rings is 2. The largest absolute Gasteiger partial charge is 0.368 e. The topological polar surface area (TPSA) is 67.4 Å². The van der Waals surface area contributed by atoms with Crippen LogP contribution in [0.2, 0.25) is 0 Å². The molecule has 2 amide bonds. The first-order chi connectivity index (χ1) is 12.7. The number of ether oxygens (including phenoxy) is 1. The summed E-state index contributed by atoms with van der Waals surface area (Å²) in [5.41, 5.74) is 4.62. The fourth-order valence-electron chi connectivity index (χ4n) is 3.60. The third kappa shape index (κ3) is 3.63. The highest BCUT2D eigenvalue weighted by molar-refractivity contribution is 6.05. The lowest BCUT2D eigenvalue weighted by atomic mass is 10.1. The Morgan fingerprint density at radius 1 is 0.923 bits per heavy atom. The van der Waals surface area contributed by atoms with Gasteiger partial charge in [0, 0.05) is 23.5 Å². The monoisotopic (exact) mass is 350 g/mol. The van der Waals surface area contributed by atoms with E-state index in [0.29, 0.717) is 17.9 Å². The van der Waals surface area contributed by atoms with Crippen molar-refractivity contribution in [3.8, 4) is 0 Å². The van der Waals surface area contributed by atoms with Crippen molar-refractivity contribution in [2.45, 2.75) is 38.2 Å². The van der Waals surface area contributed by atoms with Crippen molar-refractivity contribution in [2.24, 2.45) is 0 Å². The molecule has 5 nitrogen and oxygen atoms in total. The van der Waals surface area contributed by atoms with Crippen molar-refractivity contribution in [1.82, 2.24) is 0 Å². The molecule has 2 aromatic carbocycles. The van der Waals surface area contributed by atoms with Gasteiger partial charge >= 0.3 is 0 Å². The molecular formula is C21H22N2O3. The molecule has 1 saturated heterocycles. The molecule has 26 heavy (non-hydrogen) atoms. The lowest BCUT2D eigenvalue weighted by Gasteiger charge is -2.12. The van der Waals surface area contributed by atoms with Crippen LogP contribution in [0, 0.1) is 0 Å². The molecule has 134 valence electrons. The normalized spacial score (nSPS) is 18.4. The summed E-state index contributed by atoms with van der Waals surface area (Å²) in [5, 5.41) is 5.78. The Morgan fingerprint density at radius 2 is 1.77 bits per heavy atom. The Bertz CT molecular complexity index is 841. The van der Waals surface area contributed by atoms with Crippen LogP contribution in [0.4, 0.5) is 11.4 Å². The van der Waals surface area contributed by atoms with Gasteiger partial charge in [0.15, 0.2) is 0 Å². The zero-order valence-corrected chi connectivity index (χ0v) is 14.6. The number of carbonyl (C=O) groups excluding carboxylic acids is 2. The Hall–Kier alpha value is -2.66. The smallest absolute Gasteiger partial charge is 0.255 e. The maximum absolute atomic E-state index is 12.6. The van der Waals surface area contributed by atoms with E-state index >= 15 is 0 Å². The summed E-state index contributed by atoms with van der Waals surface area (Å²) in [7, 11) is 0. The van der Waals surface area contributed by atoms with Crippen molar-refractivity contribution in [3.05, 3.63) is 59.2 Å². The van der Waals surface area contributed by atoms with Gasteiger partial charge in [-0.15, -0.1) is 0 Å². The van der Waals surface area contributed by atoms with Crippen LogP contribution in [0.15, 0.2) is 42.5 Å². The third-order valence-corrected chi connectivity index (χ3v) is 4.97. The molecule has 1 heterocycles. The molecule has 2 aromatic rings. The molecule has 4 rings (SSSR count). The molecule has 5 heteroatoms. The van der Waals surface area contributed by atoms with Gasteiger partial charge in [-0.1, -0.05) is 12.1 Å². The molecule has 0 radical (unpaired) electrons. The summed E-state index contributed by atoms with van der Waals surface area (Å²) in [6.45, 7) is 0.626. The molecule has 2 aliphatic rings. The highest BCUT2D eigenvalue weighted by Crippen LogP contribution is 2.25. The van der Waals surface area contributed by atoms with Gasteiger partial charge in [-0.05, 0) is 73.6 Å². The summed E-state index contributed by atoms with van der Waals surface area (Å²) in [6.07, 6.45) is 4.63. The van der Waals surface area contributed by atoms with Crippen LogP contribution in [0.3, 0.4) is 0 Å². The van der Waals surface area contributed by atoms with E-state index in [2.05, 4.69) is 22.8 Å². The van der Waals surface area contributed by atoms with Crippen molar-refractivity contribution in [2.75, 3.05) is 17.2 Å². The SMILES string of the molecule is O=C(Nc1ccc2c(c1)CCC2)c1cccc(NC(=O)C2CCCO2)c1. The average molecular weight is 350 g/mol. The van der Waals surface area contributed by atoms with Crippen LogP contribution in [-0.2, 0) is 22.4 Å². The number of hydrogen-bond donors (Lipinski definition) is 2. The number of nitrogens with one attached hydrogen (secondary N) is 2. The van der Waals surface area contributed by atoms with E-state index in [9.17, 15) is 9.59 Å². The fourth-order valence-corrected chi connectivity index (χ4v) is 3.60. The minimum atomic E-state index is -0.390. The van der Waals surface area contributed by atoms with E-state index in [1.165, 1.54) is 17.5 Å². The van der Waals surface area contributed by atoms with E-state index in [1.807, 2.05) is 6.07 Å². The standard InChI is InChI=1S/C21H22N2O3/c24-20(22-18-10-9-14-4-1-5-15(14)12-18)16-6-2-7-17(13-16)23-21(25)19-8-3-11-26-19/h2,6-7,9-10,12-13,19H,1,3-5,8,11H2,(H,22,24)(H,23,25). The molecule has 0 aromatic heterocycles. The van der Waals surface area contributed by atoms with Crippen molar-refractivity contribution < 1.29 is 14.3 Å². The van der Waals surface area contributed by atoms with Gasteiger partial charge in [-0.2, -0.15) is 0 Å². The van der Waals surface area contributed by atoms with Gasteiger partial charge in [0.25, 0.3) is 11.8 Å². The number of anilines is 2. The molecule has 1 aliphatic carbocycles. The van der Waals surface area contributed by atoms with E-state index in [0.717, 1.165) is 31.4 Å². The molecule has 1 atom stereocenters. The quantitative estimate of drug-likeness (QED) is 0.886. The van der Waals surface area contributed by atoms with Crippen LogP contribution in [0.5, 0.6) is 0 Å². The minimum Gasteiger partial charge on any atom is -0.368 e. The van der Waals surface area contributed by atoms with E-state index in [-0.39, 0.29) is 17.9 Å². The highest BCUT2D eigenvalue weighted by atomic mass is 16.5. The van der Waals surface area contributed by atoms with E-state index in [4.69, 9.17) is 4.74 Å². The van der Waals surface area contributed by atoms with E-state index in [1.54, 1.807) is 24.3 Å². The lowest BCUT2D eigenvalue weighted by Crippen LogP contribution is -2.27. The number of hydrogen-bond acceptors (Lipinski definition) is 3. The average Bonchev–Trinajstić information content (AvgIpc) is 3.33. The molecular weight excluding hydrogens is 328 g/mol. The van der Waals surface area contributed by atoms with Gasteiger partial charge in [-0.25, -0.2) is 0 Å². The predicted octanol–water partition coefficient (Wildman–Crippen LogP) is 3.55. The number of rotatable bonds is 4. The molecule has 2 N–H and O–H groups in total. The summed E-state index contributed by atoms with van der Waals surface area (Å²) in [5.74, 6) is -0.338. The van der Waals surface area contributed by atoms with Crippen molar-refractivity contribution >= 4 is 23.2 Å². The van der Waals surface area contributed by atoms with Gasteiger partial charge in [0.2, 0.25) is 0 Å². The lowest BCUT2D eigenvalue weighted by molar-refractivity contribution is -0.124. The Balaban J connectivity index is 1.43. The highest BCUT2D eigenvalue weighted by Gasteiger charge is 2.23. The van der Waals surface area contributed by atoms with Gasteiger partial charge in [-0.3, -0.25) is 9.59 Å². The molecule has 1 aliphatic heterocycles. The van der Waals surface area contributed by atoms with Crippen LogP contribution < -0.4 is 10.6 Å². The van der Waals surface area contributed by atoms with Crippen LogP contribution >= 0.6 is 0 Å². The maximum Gasteiger partial charge on any atom is 0.255 e. The zero-order chi connectivity index (χ0) is 17.9. The van der Waals surface area contributed by atoms with Gasteiger partial charge in [0.1, 0.15) is 6.10 Å². The second kappa shape index (κ2) is 7.30. The number of carbonyl (C=O) groups is 2. The molecule has 1 unspecified atom stereocenters. The van der Waals surface area contributed by atoms with Crippen molar-refractivity contribution in [1.29, 1.82) is 0 Å². The summed E-state index contributed by atoms with van der Waals surface area (Å²) in [6, 6.07) is 13.1. The van der Waals surface area contributed by atoms with Crippen LogP contribution in [0.1, 0.15) is 40.7 Å². The number of aryl methyl sites for hydroxylation is 2. The molecule has 0 bridgehead atoms. The first kappa shape index (κ1) is 16.8. The Kier molecular flexibility index (Phi) is 4.71. The van der Waals surface area contributed by atoms with Gasteiger partial charge in [0.05, 0.1) is 0 Å². The second-order valence-corrected chi connectivity index (χ2v) is 6.86. The Morgan fingerprint density at radius 3 is 2.62 bits per heavy atom. The molecule has 0 saturated carbocycles. The second-order valence-electron chi connectivity index (χ2n) is 6.86. The third-order valence-electron chi connectivity index (χ3n) is 4.97. The van der Waals surface area contributed by atoms with Crippen molar-refractivity contribution in [3.63, 3.8) is 0 Å². The van der Waals surface area contributed by atoms with Crippen LogP contribution in [0.25, 0.3) is 0 Å². The fraction of sp³-hybridized carbons (Fsp3) is 0.333. The van der Waals surface area contributed by atoms with E-state index < -0.39 is 0 Å². The number of fused-ring (bicyclic) bond motifs is 1. The summed E-state index contributed by atoms with van der Waals surface area (Å²) >= 11 is 0. The van der Waals surface area contributed by atoms with Gasteiger partial charge < -0.3 is 15.4 Å².